The SMILES string of the molecule is CCC1C(=O)OCC1Cc1cnc(S)n1C. The van der Waals surface area contributed by atoms with E-state index in [-0.39, 0.29) is 17.8 Å². The Morgan fingerprint density at radius 1 is 1.69 bits per heavy atom. The summed E-state index contributed by atoms with van der Waals surface area (Å²) in [4.78, 5) is 15.6. The topological polar surface area (TPSA) is 44.1 Å². The predicted molar refractivity (Wildman–Crippen MR) is 62.4 cm³/mol. The van der Waals surface area contributed by atoms with Crippen LogP contribution in [0.3, 0.4) is 0 Å². The number of esters is 1. The van der Waals surface area contributed by atoms with Crippen molar-refractivity contribution in [1.29, 1.82) is 0 Å². The van der Waals surface area contributed by atoms with E-state index in [4.69, 9.17) is 4.74 Å². The zero-order chi connectivity index (χ0) is 11.7. The summed E-state index contributed by atoms with van der Waals surface area (Å²) in [6.45, 7) is 2.56. The molecular weight excluding hydrogens is 224 g/mol. The number of ether oxygens (including phenoxy) is 1. The van der Waals surface area contributed by atoms with Crippen LogP contribution in [-0.4, -0.2) is 22.1 Å². The molecule has 2 unspecified atom stereocenters. The second kappa shape index (κ2) is 4.49. The molecule has 1 aromatic rings. The lowest BCUT2D eigenvalue weighted by Crippen LogP contribution is -2.18. The number of nitrogens with zero attached hydrogens (tertiary/aromatic N) is 2. The molecule has 0 spiro atoms. The van der Waals surface area contributed by atoms with E-state index in [2.05, 4.69) is 17.6 Å². The number of thiol groups is 1. The summed E-state index contributed by atoms with van der Waals surface area (Å²) in [5.41, 5.74) is 1.10. The Morgan fingerprint density at radius 2 is 2.44 bits per heavy atom. The van der Waals surface area contributed by atoms with Crippen molar-refractivity contribution in [2.24, 2.45) is 18.9 Å². The summed E-state index contributed by atoms with van der Waals surface area (Å²) in [5, 5.41) is 0.702. The molecule has 1 aliphatic rings. The quantitative estimate of drug-likeness (QED) is 0.642. The van der Waals surface area contributed by atoms with Gasteiger partial charge in [-0.05, 0) is 12.8 Å². The maximum absolute atomic E-state index is 11.4. The zero-order valence-electron chi connectivity index (χ0n) is 9.51. The second-order valence-electron chi connectivity index (χ2n) is 4.22. The third-order valence-electron chi connectivity index (χ3n) is 3.28. The van der Waals surface area contributed by atoms with Crippen molar-refractivity contribution in [3.05, 3.63) is 11.9 Å². The molecule has 2 rings (SSSR count). The molecule has 0 aromatic carbocycles. The number of hydrogen-bond acceptors (Lipinski definition) is 4. The molecule has 1 fully saturated rings. The van der Waals surface area contributed by atoms with Gasteiger partial charge in [-0.25, -0.2) is 4.98 Å². The normalized spacial score (nSPS) is 24.8. The third-order valence-corrected chi connectivity index (χ3v) is 3.70. The monoisotopic (exact) mass is 240 g/mol. The van der Waals surface area contributed by atoms with Gasteiger partial charge in [-0.1, -0.05) is 6.92 Å². The molecule has 0 aliphatic carbocycles. The Labute approximate surface area is 100 Å². The van der Waals surface area contributed by atoms with Crippen molar-refractivity contribution in [2.75, 3.05) is 6.61 Å². The molecule has 0 amide bonds. The van der Waals surface area contributed by atoms with E-state index in [1.54, 1.807) is 0 Å². The first-order chi connectivity index (χ1) is 7.63. The highest BCUT2D eigenvalue weighted by Crippen LogP contribution is 2.28. The van der Waals surface area contributed by atoms with Gasteiger partial charge in [0.2, 0.25) is 0 Å². The first kappa shape index (κ1) is 11.5. The van der Waals surface area contributed by atoms with Crippen LogP contribution in [0.2, 0.25) is 0 Å². The smallest absolute Gasteiger partial charge is 0.309 e. The van der Waals surface area contributed by atoms with Gasteiger partial charge in [0.05, 0.1) is 12.5 Å². The van der Waals surface area contributed by atoms with E-state index in [9.17, 15) is 4.79 Å². The number of carbonyl (C=O) groups is 1. The third kappa shape index (κ3) is 1.96. The van der Waals surface area contributed by atoms with Crippen molar-refractivity contribution >= 4 is 18.6 Å². The molecule has 0 saturated carbocycles. The minimum Gasteiger partial charge on any atom is -0.465 e. The van der Waals surface area contributed by atoms with Crippen molar-refractivity contribution < 1.29 is 9.53 Å². The van der Waals surface area contributed by atoms with Crippen molar-refractivity contribution in [3.8, 4) is 0 Å². The van der Waals surface area contributed by atoms with E-state index in [1.807, 2.05) is 24.7 Å². The summed E-state index contributed by atoms with van der Waals surface area (Å²) < 4.78 is 7.04. The Hall–Kier alpha value is -0.970. The molecule has 1 saturated heterocycles. The van der Waals surface area contributed by atoms with Gasteiger partial charge in [-0.3, -0.25) is 4.79 Å². The van der Waals surface area contributed by atoms with Crippen LogP contribution in [0, 0.1) is 11.8 Å². The lowest BCUT2D eigenvalue weighted by atomic mass is 9.89. The molecule has 0 bridgehead atoms. The summed E-state index contributed by atoms with van der Waals surface area (Å²) in [7, 11) is 1.93. The first-order valence-electron chi connectivity index (χ1n) is 5.49. The fourth-order valence-electron chi connectivity index (χ4n) is 2.20. The Bertz CT molecular complexity index is 403. The number of carbonyl (C=O) groups excluding carboxylic acids is 1. The summed E-state index contributed by atoms with van der Waals surface area (Å²) in [6.07, 6.45) is 3.49. The maximum atomic E-state index is 11.4. The van der Waals surface area contributed by atoms with E-state index < -0.39 is 0 Å². The lowest BCUT2D eigenvalue weighted by Gasteiger charge is -2.13. The van der Waals surface area contributed by atoms with Crippen LogP contribution in [0.1, 0.15) is 19.0 Å². The van der Waals surface area contributed by atoms with E-state index in [0.717, 1.165) is 18.5 Å². The average Bonchev–Trinajstić information content (AvgIpc) is 2.76. The molecular formula is C11H16N2O2S. The molecule has 1 aromatic heterocycles. The predicted octanol–water partition coefficient (Wildman–Crippen LogP) is 1.45. The van der Waals surface area contributed by atoms with Crippen LogP contribution in [0.5, 0.6) is 0 Å². The van der Waals surface area contributed by atoms with Gasteiger partial charge >= 0.3 is 5.97 Å². The van der Waals surface area contributed by atoms with Crippen LogP contribution in [0.4, 0.5) is 0 Å². The molecule has 2 atom stereocenters. The van der Waals surface area contributed by atoms with Gasteiger partial charge in [0.15, 0.2) is 5.16 Å². The first-order valence-corrected chi connectivity index (χ1v) is 5.94. The highest BCUT2D eigenvalue weighted by Gasteiger charge is 2.35. The number of rotatable bonds is 3. The van der Waals surface area contributed by atoms with E-state index >= 15 is 0 Å². The second-order valence-corrected chi connectivity index (χ2v) is 4.62. The van der Waals surface area contributed by atoms with Gasteiger partial charge in [0.25, 0.3) is 0 Å². The molecule has 2 heterocycles. The Morgan fingerprint density at radius 3 is 3.00 bits per heavy atom. The van der Waals surface area contributed by atoms with Gasteiger partial charge in [-0.15, -0.1) is 12.6 Å². The van der Waals surface area contributed by atoms with Crippen LogP contribution in [0.15, 0.2) is 11.4 Å². The van der Waals surface area contributed by atoms with Gasteiger partial charge in [-0.2, -0.15) is 0 Å². The molecule has 16 heavy (non-hydrogen) atoms. The molecule has 88 valence electrons. The average molecular weight is 240 g/mol. The minimum atomic E-state index is -0.0548. The van der Waals surface area contributed by atoms with Crippen LogP contribution < -0.4 is 0 Å². The highest BCUT2D eigenvalue weighted by atomic mass is 32.1. The summed E-state index contributed by atoms with van der Waals surface area (Å²) in [6, 6.07) is 0. The number of imidazole rings is 1. The van der Waals surface area contributed by atoms with E-state index in [1.165, 1.54) is 0 Å². The van der Waals surface area contributed by atoms with Gasteiger partial charge in [0, 0.05) is 24.9 Å². The number of cyclic esters (lactones) is 1. The molecule has 0 N–H and O–H groups in total. The molecule has 1 aliphatic heterocycles. The van der Waals surface area contributed by atoms with Crippen LogP contribution >= 0.6 is 12.6 Å². The number of aromatic nitrogens is 2. The molecule has 5 heteroatoms. The van der Waals surface area contributed by atoms with Crippen molar-refractivity contribution in [1.82, 2.24) is 9.55 Å². The summed E-state index contributed by atoms with van der Waals surface area (Å²) in [5.74, 6) is 0.264. The van der Waals surface area contributed by atoms with Gasteiger partial charge in [0.1, 0.15) is 0 Å². The fourth-order valence-corrected chi connectivity index (χ4v) is 2.38. The largest absolute Gasteiger partial charge is 0.465 e. The zero-order valence-corrected chi connectivity index (χ0v) is 10.4. The van der Waals surface area contributed by atoms with Crippen LogP contribution in [-0.2, 0) is 23.0 Å². The Kier molecular flexibility index (Phi) is 3.23. The fraction of sp³-hybridized carbons (Fsp3) is 0.636. The molecule has 4 nitrogen and oxygen atoms in total. The lowest BCUT2D eigenvalue weighted by molar-refractivity contribution is -0.141. The standard InChI is InChI=1S/C11H16N2O2S/c1-3-9-7(6-15-10(9)14)4-8-5-12-11(16)13(8)2/h5,7,9H,3-4,6H2,1-2H3,(H,12,16). The molecule has 0 radical (unpaired) electrons. The highest BCUT2D eigenvalue weighted by molar-refractivity contribution is 7.80. The van der Waals surface area contributed by atoms with Crippen molar-refractivity contribution in [3.63, 3.8) is 0 Å². The minimum absolute atomic E-state index is 0.0401. The number of hydrogen-bond donors (Lipinski definition) is 1. The van der Waals surface area contributed by atoms with Gasteiger partial charge < -0.3 is 9.30 Å². The Balaban J connectivity index is 2.10. The summed E-state index contributed by atoms with van der Waals surface area (Å²) >= 11 is 4.23. The van der Waals surface area contributed by atoms with Crippen molar-refractivity contribution in [2.45, 2.75) is 24.9 Å². The maximum Gasteiger partial charge on any atom is 0.309 e. The van der Waals surface area contributed by atoms with E-state index in [0.29, 0.717) is 11.8 Å². The van der Waals surface area contributed by atoms with Crippen LogP contribution in [0.25, 0.3) is 0 Å².